The summed E-state index contributed by atoms with van der Waals surface area (Å²) >= 11 is 0. The third-order valence-corrected chi connectivity index (χ3v) is 3.67. The van der Waals surface area contributed by atoms with Crippen LogP contribution >= 0.6 is 0 Å². The predicted octanol–water partition coefficient (Wildman–Crippen LogP) is 1.68. The van der Waals surface area contributed by atoms with Crippen molar-refractivity contribution in [2.75, 3.05) is 26.7 Å². The molecular weight excluding hydrogens is 240 g/mol. The Morgan fingerprint density at radius 1 is 1.63 bits per heavy atom. The molecular formula is C14H24N4O. The molecule has 106 valence electrons. The number of piperidine rings is 1. The van der Waals surface area contributed by atoms with Gasteiger partial charge >= 0.3 is 0 Å². The van der Waals surface area contributed by atoms with Crippen LogP contribution in [0.25, 0.3) is 0 Å². The number of rotatable bonds is 5. The molecule has 5 heteroatoms. The number of hydrogen-bond acceptors (Lipinski definition) is 3. The van der Waals surface area contributed by atoms with Crippen molar-refractivity contribution in [3.8, 4) is 0 Å². The molecule has 2 heterocycles. The van der Waals surface area contributed by atoms with Crippen LogP contribution in [0.5, 0.6) is 0 Å². The molecule has 1 aromatic heterocycles. The second kappa shape index (κ2) is 6.70. The fourth-order valence-electron chi connectivity index (χ4n) is 2.41. The predicted molar refractivity (Wildman–Crippen MR) is 75.2 cm³/mol. The summed E-state index contributed by atoms with van der Waals surface area (Å²) in [5.74, 6) is 0.0240. The summed E-state index contributed by atoms with van der Waals surface area (Å²) in [6.45, 7) is 4.96. The number of nitrogens with one attached hydrogen (secondary N) is 1. The maximum Gasteiger partial charge on any atom is 0.274 e. The van der Waals surface area contributed by atoms with E-state index >= 15 is 0 Å². The molecule has 1 aliphatic rings. The van der Waals surface area contributed by atoms with E-state index in [1.807, 2.05) is 24.0 Å². The van der Waals surface area contributed by atoms with Gasteiger partial charge in [-0.05, 0) is 31.9 Å². The SMILES string of the molecule is CCCCN(C)C(=O)c1ccn(C2CCCNC2)n1. The molecule has 0 saturated carbocycles. The highest BCUT2D eigenvalue weighted by Gasteiger charge is 2.19. The Labute approximate surface area is 115 Å². The number of carbonyl (C=O) groups is 1. The molecule has 1 unspecified atom stereocenters. The Kier molecular flexibility index (Phi) is 4.96. The Balaban J connectivity index is 1.97. The Bertz CT molecular complexity index is 409. The van der Waals surface area contributed by atoms with Crippen molar-refractivity contribution in [3.63, 3.8) is 0 Å². The van der Waals surface area contributed by atoms with E-state index in [-0.39, 0.29) is 5.91 Å². The highest BCUT2D eigenvalue weighted by molar-refractivity contribution is 5.91. The van der Waals surface area contributed by atoms with Gasteiger partial charge in [0, 0.05) is 26.3 Å². The number of unbranched alkanes of at least 4 members (excludes halogenated alkanes) is 1. The van der Waals surface area contributed by atoms with E-state index < -0.39 is 0 Å². The van der Waals surface area contributed by atoms with Crippen LogP contribution in [0.3, 0.4) is 0 Å². The lowest BCUT2D eigenvalue weighted by Crippen LogP contribution is -2.32. The second-order valence-corrected chi connectivity index (χ2v) is 5.26. The van der Waals surface area contributed by atoms with E-state index in [0.29, 0.717) is 11.7 Å². The van der Waals surface area contributed by atoms with E-state index in [4.69, 9.17) is 0 Å². The first-order valence-electron chi connectivity index (χ1n) is 7.23. The van der Waals surface area contributed by atoms with Gasteiger partial charge in [0.05, 0.1) is 6.04 Å². The van der Waals surface area contributed by atoms with Crippen molar-refractivity contribution >= 4 is 5.91 Å². The molecule has 2 rings (SSSR count). The molecule has 1 fully saturated rings. The molecule has 1 aromatic rings. The van der Waals surface area contributed by atoms with Crippen molar-refractivity contribution in [3.05, 3.63) is 18.0 Å². The Morgan fingerprint density at radius 2 is 2.47 bits per heavy atom. The monoisotopic (exact) mass is 264 g/mol. The highest BCUT2D eigenvalue weighted by atomic mass is 16.2. The topological polar surface area (TPSA) is 50.2 Å². The molecule has 19 heavy (non-hydrogen) atoms. The van der Waals surface area contributed by atoms with Crippen LogP contribution in [-0.4, -0.2) is 47.3 Å². The number of amides is 1. The minimum atomic E-state index is 0.0240. The van der Waals surface area contributed by atoms with Crippen LogP contribution in [0.4, 0.5) is 0 Å². The fourth-order valence-corrected chi connectivity index (χ4v) is 2.41. The maximum atomic E-state index is 12.2. The summed E-state index contributed by atoms with van der Waals surface area (Å²) in [4.78, 5) is 13.9. The summed E-state index contributed by atoms with van der Waals surface area (Å²) in [6.07, 6.45) is 6.37. The van der Waals surface area contributed by atoms with E-state index in [2.05, 4.69) is 17.3 Å². The molecule has 0 aliphatic carbocycles. The number of nitrogens with zero attached hydrogens (tertiary/aromatic N) is 3. The first-order valence-corrected chi connectivity index (χ1v) is 7.23. The summed E-state index contributed by atoms with van der Waals surface area (Å²) in [7, 11) is 1.85. The van der Waals surface area contributed by atoms with Crippen molar-refractivity contribution < 1.29 is 4.79 Å². The normalized spacial score (nSPS) is 19.4. The van der Waals surface area contributed by atoms with Crippen molar-refractivity contribution in [2.24, 2.45) is 0 Å². The van der Waals surface area contributed by atoms with Crippen LogP contribution in [-0.2, 0) is 0 Å². The third-order valence-electron chi connectivity index (χ3n) is 3.67. The molecule has 0 spiro atoms. The second-order valence-electron chi connectivity index (χ2n) is 5.26. The fraction of sp³-hybridized carbons (Fsp3) is 0.714. The smallest absolute Gasteiger partial charge is 0.274 e. The van der Waals surface area contributed by atoms with E-state index in [1.165, 1.54) is 6.42 Å². The zero-order valence-corrected chi connectivity index (χ0v) is 11.9. The molecule has 1 aliphatic heterocycles. The molecule has 0 radical (unpaired) electrons. The largest absolute Gasteiger partial charge is 0.340 e. The van der Waals surface area contributed by atoms with Gasteiger partial charge in [-0.1, -0.05) is 13.3 Å². The van der Waals surface area contributed by atoms with Crippen LogP contribution in [0.2, 0.25) is 0 Å². The molecule has 5 nitrogen and oxygen atoms in total. The van der Waals surface area contributed by atoms with Crippen molar-refractivity contribution in [2.45, 2.75) is 38.6 Å². The number of carbonyl (C=O) groups excluding carboxylic acids is 1. The lowest BCUT2D eigenvalue weighted by Gasteiger charge is -2.23. The first kappa shape index (κ1) is 14.1. The van der Waals surface area contributed by atoms with Gasteiger partial charge in [-0.25, -0.2) is 0 Å². The average molecular weight is 264 g/mol. The van der Waals surface area contributed by atoms with Gasteiger partial charge < -0.3 is 10.2 Å². The quantitative estimate of drug-likeness (QED) is 0.880. The summed E-state index contributed by atoms with van der Waals surface area (Å²) in [6, 6.07) is 2.22. The summed E-state index contributed by atoms with van der Waals surface area (Å²) in [5, 5.41) is 7.81. The van der Waals surface area contributed by atoms with Crippen molar-refractivity contribution in [1.29, 1.82) is 0 Å². The zero-order valence-electron chi connectivity index (χ0n) is 11.9. The first-order chi connectivity index (χ1) is 9.22. The lowest BCUT2D eigenvalue weighted by atomic mass is 10.1. The third kappa shape index (κ3) is 3.56. The number of aromatic nitrogens is 2. The van der Waals surface area contributed by atoms with Crippen LogP contribution in [0, 0.1) is 0 Å². The minimum absolute atomic E-state index is 0.0240. The van der Waals surface area contributed by atoms with Crippen LogP contribution < -0.4 is 5.32 Å². The van der Waals surface area contributed by atoms with E-state index in [1.54, 1.807) is 4.90 Å². The summed E-state index contributed by atoms with van der Waals surface area (Å²) < 4.78 is 1.94. The van der Waals surface area contributed by atoms with Gasteiger partial charge in [-0.2, -0.15) is 5.10 Å². The maximum absolute atomic E-state index is 12.2. The molecule has 1 N–H and O–H groups in total. The summed E-state index contributed by atoms with van der Waals surface area (Å²) in [5.41, 5.74) is 0.559. The van der Waals surface area contributed by atoms with Gasteiger partial charge in [-0.3, -0.25) is 9.48 Å². The van der Waals surface area contributed by atoms with Gasteiger partial charge in [0.25, 0.3) is 5.91 Å². The molecule has 0 bridgehead atoms. The van der Waals surface area contributed by atoms with Gasteiger partial charge in [0.2, 0.25) is 0 Å². The van der Waals surface area contributed by atoms with Gasteiger partial charge in [0.1, 0.15) is 5.69 Å². The Hall–Kier alpha value is -1.36. The van der Waals surface area contributed by atoms with E-state index in [0.717, 1.165) is 38.9 Å². The molecule has 1 saturated heterocycles. The Morgan fingerprint density at radius 3 is 3.16 bits per heavy atom. The van der Waals surface area contributed by atoms with Crippen LogP contribution in [0.15, 0.2) is 12.3 Å². The minimum Gasteiger partial charge on any atom is -0.340 e. The highest BCUT2D eigenvalue weighted by Crippen LogP contribution is 2.16. The standard InChI is InChI=1S/C14H24N4O/c1-3-4-9-17(2)14(19)13-7-10-18(16-13)12-6-5-8-15-11-12/h7,10,12,15H,3-6,8-9,11H2,1-2H3. The molecule has 1 amide bonds. The van der Waals surface area contributed by atoms with E-state index in [9.17, 15) is 4.79 Å². The molecule has 0 aromatic carbocycles. The lowest BCUT2D eigenvalue weighted by molar-refractivity contribution is 0.0786. The average Bonchev–Trinajstić information content (AvgIpc) is 2.94. The van der Waals surface area contributed by atoms with Crippen LogP contribution in [0.1, 0.15) is 49.1 Å². The zero-order chi connectivity index (χ0) is 13.7. The van der Waals surface area contributed by atoms with Gasteiger partial charge in [0.15, 0.2) is 0 Å². The molecule has 1 atom stereocenters. The number of hydrogen-bond donors (Lipinski definition) is 1. The van der Waals surface area contributed by atoms with Gasteiger partial charge in [-0.15, -0.1) is 0 Å². The van der Waals surface area contributed by atoms with Crippen molar-refractivity contribution in [1.82, 2.24) is 20.0 Å².